The first-order chi connectivity index (χ1) is 9.33. The van der Waals surface area contributed by atoms with Gasteiger partial charge in [0.15, 0.2) is 0 Å². The highest BCUT2D eigenvalue weighted by molar-refractivity contribution is 5.39. The topological polar surface area (TPSA) is 29.0 Å². The number of piperidine rings is 1. The third-order valence-corrected chi connectivity index (χ3v) is 3.88. The van der Waals surface area contributed by atoms with Crippen LogP contribution in [0, 0.1) is 6.92 Å². The van der Waals surface area contributed by atoms with Crippen LogP contribution in [-0.4, -0.2) is 23.1 Å². The Balaban J connectivity index is 1.67. The molecular weight excluding hydrogens is 234 g/mol. The van der Waals surface area contributed by atoms with Crippen molar-refractivity contribution in [1.29, 1.82) is 0 Å². The van der Waals surface area contributed by atoms with Crippen LogP contribution >= 0.6 is 0 Å². The minimum Gasteiger partial charge on any atom is -0.356 e. The number of aromatic nitrogens is 2. The van der Waals surface area contributed by atoms with E-state index in [2.05, 4.69) is 51.3 Å². The molecule has 3 nitrogen and oxygen atoms in total. The van der Waals surface area contributed by atoms with E-state index in [1.54, 1.807) is 6.33 Å². The molecule has 3 rings (SSSR count). The minimum atomic E-state index is 0.695. The second kappa shape index (κ2) is 5.39. The predicted octanol–water partition coefficient (Wildman–Crippen LogP) is 3.17. The predicted molar refractivity (Wildman–Crippen MR) is 77.4 cm³/mol. The first kappa shape index (κ1) is 12.2. The molecule has 0 N–H and O–H groups in total. The van der Waals surface area contributed by atoms with Crippen molar-refractivity contribution in [1.82, 2.24) is 9.97 Å². The van der Waals surface area contributed by atoms with Crippen LogP contribution in [0.5, 0.6) is 0 Å². The highest BCUT2D eigenvalue weighted by Gasteiger charge is 2.21. The van der Waals surface area contributed by atoms with Gasteiger partial charge in [-0.1, -0.05) is 30.3 Å². The maximum Gasteiger partial charge on any atom is 0.132 e. The Hall–Kier alpha value is -1.90. The highest BCUT2D eigenvalue weighted by Crippen LogP contribution is 2.29. The Morgan fingerprint density at radius 3 is 2.47 bits per heavy atom. The van der Waals surface area contributed by atoms with Crippen LogP contribution in [0.2, 0.25) is 0 Å². The van der Waals surface area contributed by atoms with Crippen molar-refractivity contribution >= 4 is 5.82 Å². The molecule has 1 aliphatic rings. The number of nitrogens with zero attached hydrogens (tertiary/aromatic N) is 3. The SMILES string of the molecule is Cc1cc(N2CCC(c3ccccc3)CC2)ncn1. The average Bonchev–Trinajstić information content (AvgIpc) is 2.48. The van der Waals surface area contributed by atoms with Gasteiger partial charge in [0, 0.05) is 24.8 Å². The third-order valence-electron chi connectivity index (χ3n) is 3.88. The van der Waals surface area contributed by atoms with Gasteiger partial charge in [0.2, 0.25) is 0 Å². The molecule has 19 heavy (non-hydrogen) atoms. The summed E-state index contributed by atoms with van der Waals surface area (Å²) >= 11 is 0. The zero-order chi connectivity index (χ0) is 13.1. The molecule has 0 amide bonds. The molecule has 0 aliphatic carbocycles. The van der Waals surface area contributed by atoms with Gasteiger partial charge in [-0.2, -0.15) is 0 Å². The van der Waals surface area contributed by atoms with Crippen LogP contribution in [0.25, 0.3) is 0 Å². The molecular formula is C16H19N3. The van der Waals surface area contributed by atoms with Crippen molar-refractivity contribution in [2.45, 2.75) is 25.7 Å². The lowest BCUT2D eigenvalue weighted by Gasteiger charge is -2.33. The second-order valence-electron chi connectivity index (χ2n) is 5.19. The van der Waals surface area contributed by atoms with Crippen LogP contribution in [0.3, 0.4) is 0 Å². The van der Waals surface area contributed by atoms with E-state index in [1.165, 1.54) is 18.4 Å². The van der Waals surface area contributed by atoms with Gasteiger partial charge >= 0.3 is 0 Å². The fraction of sp³-hybridized carbons (Fsp3) is 0.375. The van der Waals surface area contributed by atoms with Gasteiger partial charge in [-0.3, -0.25) is 0 Å². The van der Waals surface area contributed by atoms with Gasteiger partial charge in [0.25, 0.3) is 0 Å². The maximum atomic E-state index is 4.38. The number of anilines is 1. The van der Waals surface area contributed by atoms with E-state index in [4.69, 9.17) is 0 Å². The van der Waals surface area contributed by atoms with E-state index < -0.39 is 0 Å². The van der Waals surface area contributed by atoms with Crippen LogP contribution in [0.15, 0.2) is 42.7 Å². The van der Waals surface area contributed by atoms with Gasteiger partial charge in [0.1, 0.15) is 12.1 Å². The van der Waals surface area contributed by atoms with Gasteiger partial charge in [-0.25, -0.2) is 9.97 Å². The minimum absolute atomic E-state index is 0.695. The van der Waals surface area contributed by atoms with Crippen molar-refractivity contribution < 1.29 is 0 Å². The van der Waals surface area contributed by atoms with E-state index in [1.807, 2.05) is 6.92 Å². The lowest BCUT2D eigenvalue weighted by Crippen LogP contribution is -2.33. The van der Waals surface area contributed by atoms with E-state index in [9.17, 15) is 0 Å². The molecule has 0 bridgehead atoms. The zero-order valence-corrected chi connectivity index (χ0v) is 11.3. The monoisotopic (exact) mass is 253 g/mol. The second-order valence-corrected chi connectivity index (χ2v) is 5.19. The quantitative estimate of drug-likeness (QED) is 0.823. The first-order valence-corrected chi connectivity index (χ1v) is 6.91. The first-order valence-electron chi connectivity index (χ1n) is 6.91. The number of rotatable bonds is 2. The molecule has 0 spiro atoms. The Labute approximate surface area is 114 Å². The molecule has 1 fully saturated rings. The summed E-state index contributed by atoms with van der Waals surface area (Å²) in [6.07, 6.45) is 4.06. The maximum absolute atomic E-state index is 4.38. The summed E-state index contributed by atoms with van der Waals surface area (Å²) in [7, 11) is 0. The molecule has 2 heterocycles. The molecule has 0 unspecified atom stereocenters. The fourth-order valence-corrected chi connectivity index (χ4v) is 2.78. The van der Waals surface area contributed by atoms with Gasteiger partial charge in [-0.05, 0) is 31.2 Å². The molecule has 3 heteroatoms. The molecule has 0 radical (unpaired) electrons. The zero-order valence-electron chi connectivity index (χ0n) is 11.3. The van der Waals surface area contributed by atoms with E-state index in [0.717, 1.165) is 24.6 Å². The molecule has 0 saturated carbocycles. The van der Waals surface area contributed by atoms with Crippen molar-refractivity contribution in [3.63, 3.8) is 0 Å². The van der Waals surface area contributed by atoms with E-state index >= 15 is 0 Å². The number of hydrogen-bond donors (Lipinski definition) is 0. The van der Waals surface area contributed by atoms with Crippen LogP contribution < -0.4 is 4.90 Å². The standard InChI is InChI=1S/C16H19N3/c1-13-11-16(18-12-17-13)19-9-7-15(8-10-19)14-5-3-2-4-6-14/h2-6,11-12,15H,7-10H2,1H3. The number of aryl methyl sites for hydroxylation is 1. The number of hydrogen-bond acceptors (Lipinski definition) is 3. The summed E-state index contributed by atoms with van der Waals surface area (Å²) in [5.74, 6) is 1.76. The highest BCUT2D eigenvalue weighted by atomic mass is 15.2. The molecule has 0 atom stereocenters. The van der Waals surface area contributed by atoms with Gasteiger partial charge in [0.05, 0.1) is 0 Å². The largest absolute Gasteiger partial charge is 0.356 e. The van der Waals surface area contributed by atoms with Crippen LogP contribution in [-0.2, 0) is 0 Å². The van der Waals surface area contributed by atoms with E-state index in [0.29, 0.717) is 5.92 Å². The van der Waals surface area contributed by atoms with Crippen LogP contribution in [0.1, 0.15) is 30.0 Å². The number of benzene rings is 1. The van der Waals surface area contributed by atoms with Gasteiger partial charge < -0.3 is 4.90 Å². The summed E-state index contributed by atoms with van der Waals surface area (Å²) in [6.45, 7) is 4.17. The molecule has 98 valence electrons. The third kappa shape index (κ3) is 2.75. The van der Waals surface area contributed by atoms with E-state index in [-0.39, 0.29) is 0 Å². The summed E-state index contributed by atoms with van der Waals surface area (Å²) in [5.41, 5.74) is 2.51. The van der Waals surface area contributed by atoms with Crippen LogP contribution in [0.4, 0.5) is 5.82 Å². The lowest BCUT2D eigenvalue weighted by atomic mass is 9.89. The molecule has 1 aromatic heterocycles. The Bertz CT molecular complexity index is 531. The summed E-state index contributed by atoms with van der Waals surface area (Å²) in [5, 5.41) is 0. The average molecular weight is 253 g/mol. The molecule has 1 saturated heterocycles. The molecule has 2 aromatic rings. The van der Waals surface area contributed by atoms with Crippen molar-refractivity contribution in [2.75, 3.05) is 18.0 Å². The Kier molecular flexibility index (Phi) is 3.45. The van der Waals surface area contributed by atoms with Gasteiger partial charge in [-0.15, -0.1) is 0 Å². The lowest BCUT2D eigenvalue weighted by molar-refractivity contribution is 0.502. The summed E-state index contributed by atoms with van der Waals surface area (Å²) < 4.78 is 0. The smallest absolute Gasteiger partial charge is 0.132 e. The molecule has 1 aliphatic heterocycles. The summed E-state index contributed by atoms with van der Waals surface area (Å²) in [4.78, 5) is 10.9. The Morgan fingerprint density at radius 1 is 1.05 bits per heavy atom. The van der Waals surface area contributed by atoms with Crippen molar-refractivity contribution in [3.8, 4) is 0 Å². The molecule has 1 aromatic carbocycles. The van der Waals surface area contributed by atoms with Crippen molar-refractivity contribution in [3.05, 3.63) is 54.0 Å². The van der Waals surface area contributed by atoms with Crippen molar-refractivity contribution in [2.24, 2.45) is 0 Å². The summed E-state index contributed by atoms with van der Waals surface area (Å²) in [6, 6.07) is 12.9. The fourth-order valence-electron chi connectivity index (χ4n) is 2.78. The normalized spacial score (nSPS) is 16.6. The Morgan fingerprint density at radius 2 is 1.79 bits per heavy atom.